The molecule has 0 saturated carbocycles. The summed E-state index contributed by atoms with van der Waals surface area (Å²) in [6, 6.07) is 3.57. The van der Waals surface area contributed by atoms with E-state index in [-0.39, 0.29) is 11.8 Å². The molecule has 1 unspecified atom stereocenters. The van der Waals surface area contributed by atoms with Crippen molar-refractivity contribution in [2.45, 2.75) is 12.8 Å². The number of primary amides is 1. The number of piperidine rings is 1. The van der Waals surface area contributed by atoms with Gasteiger partial charge < -0.3 is 16.4 Å². The molecule has 1 fully saturated rings. The van der Waals surface area contributed by atoms with E-state index in [4.69, 9.17) is 11.5 Å². The molecule has 5 heteroatoms. The van der Waals surface area contributed by atoms with Gasteiger partial charge >= 0.3 is 0 Å². The van der Waals surface area contributed by atoms with Crippen LogP contribution in [0, 0.1) is 5.92 Å². The fraction of sp³-hybridized carbons (Fsp3) is 0.455. The normalized spacial score (nSPS) is 20.8. The van der Waals surface area contributed by atoms with E-state index in [1.54, 1.807) is 12.3 Å². The minimum Gasteiger partial charge on any atom is -0.399 e. The molecule has 1 aliphatic heterocycles. The smallest absolute Gasteiger partial charge is 0.222 e. The van der Waals surface area contributed by atoms with Gasteiger partial charge in [-0.25, -0.2) is 4.98 Å². The molecule has 2 rings (SSSR count). The highest BCUT2D eigenvalue weighted by atomic mass is 16.1. The molecular formula is C11H16N4O. The van der Waals surface area contributed by atoms with Crippen molar-refractivity contribution in [3.05, 3.63) is 18.3 Å². The van der Waals surface area contributed by atoms with Crippen LogP contribution in [0.15, 0.2) is 18.3 Å². The molecule has 86 valence electrons. The molecular weight excluding hydrogens is 204 g/mol. The van der Waals surface area contributed by atoms with Crippen LogP contribution < -0.4 is 16.4 Å². The van der Waals surface area contributed by atoms with Crippen LogP contribution in [0.5, 0.6) is 0 Å². The number of hydrogen-bond acceptors (Lipinski definition) is 4. The average Bonchev–Trinajstić information content (AvgIpc) is 2.29. The van der Waals surface area contributed by atoms with E-state index in [2.05, 4.69) is 9.88 Å². The first kappa shape index (κ1) is 10.7. The number of nitrogen functional groups attached to an aromatic ring is 1. The average molecular weight is 220 g/mol. The van der Waals surface area contributed by atoms with Gasteiger partial charge in [0.25, 0.3) is 0 Å². The molecule has 0 aromatic carbocycles. The molecule has 1 aromatic rings. The second-order valence-corrected chi connectivity index (χ2v) is 4.13. The predicted molar refractivity (Wildman–Crippen MR) is 62.8 cm³/mol. The molecule has 0 bridgehead atoms. The quantitative estimate of drug-likeness (QED) is 0.753. The fourth-order valence-electron chi connectivity index (χ4n) is 2.02. The van der Waals surface area contributed by atoms with Gasteiger partial charge in [-0.15, -0.1) is 0 Å². The minimum atomic E-state index is -0.228. The van der Waals surface area contributed by atoms with E-state index < -0.39 is 0 Å². The van der Waals surface area contributed by atoms with Crippen molar-refractivity contribution in [2.24, 2.45) is 11.7 Å². The monoisotopic (exact) mass is 220 g/mol. The first-order valence-electron chi connectivity index (χ1n) is 5.42. The second kappa shape index (κ2) is 4.38. The van der Waals surface area contributed by atoms with Gasteiger partial charge in [-0.2, -0.15) is 0 Å². The van der Waals surface area contributed by atoms with Crippen LogP contribution in [0.25, 0.3) is 0 Å². The summed E-state index contributed by atoms with van der Waals surface area (Å²) in [4.78, 5) is 17.5. The highest BCUT2D eigenvalue weighted by Crippen LogP contribution is 2.22. The molecule has 1 amide bonds. The van der Waals surface area contributed by atoms with Crippen LogP contribution in [-0.4, -0.2) is 24.0 Å². The Balaban J connectivity index is 2.12. The van der Waals surface area contributed by atoms with Crippen LogP contribution in [-0.2, 0) is 4.79 Å². The lowest BCUT2D eigenvalue weighted by molar-refractivity contribution is -0.122. The van der Waals surface area contributed by atoms with Gasteiger partial charge in [0, 0.05) is 31.0 Å². The molecule has 16 heavy (non-hydrogen) atoms. The van der Waals surface area contributed by atoms with Crippen molar-refractivity contribution in [3.63, 3.8) is 0 Å². The van der Waals surface area contributed by atoms with Gasteiger partial charge in [0.1, 0.15) is 5.82 Å². The van der Waals surface area contributed by atoms with Crippen LogP contribution in [0.4, 0.5) is 11.5 Å². The summed E-state index contributed by atoms with van der Waals surface area (Å²) in [7, 11) is 0. The summed E-state index contributed by atoms with van der Waals surface area (Å²) in [5, 5.41) is 0. The Morgan fingerprint density at radius 1 is 1.56 bits per heavy atom. The number of carbonyl (C=O) groups excluding carboxylic acids is 1. The largest absolute Gasteiger partial charge is 0.399 e. The lowest BCUT2D eigenvalue weighted by Gasteiger charge is -2.32. The van der Waals surface area contributed by atoms with E-state index in [1.807, 2.05) is 6.07 Å². The Labute approximate surface area is 94.4 Å². The number of hydrogen-bond donors (Lipinski definition) is 2. The van der Waals surface area contributed by atoms with Crippen LogP contribution in [0.1, 0.15) is 12.8 Å². The molecule has 4 N–H and O–H groups in total. The number of amides is 1. The molecule has 1 saturated heterocycles. The fourth-order valence-corrected chi connectivity index (χ4v) is 2.02. The summed E-state index contributed by atoms with van der Waals surface area (Å²) in [5.41, 5.74) is 11.7. The van der Waals surface area contributed by atoms with Crippen molar-refractivity contribution in [1.82, 2.24) is 4.98 Å². The topological polar surface area (TPSA) is 85.2 Å². The third-order valence-corrected chi connectivity index (χ3v) is 2.92. The maximum Gasteiger partial charge on any atom is 0.222 e. The van der Waals surface area contributed by atoms with E-state index in [0.717, 1.165) is 25.2 Å². The molecule has 0 spiro atoms. The van der Waals surface area contributed by atoms with Gasteiger partial charge in [-0.3, -0.25) is 4.79 Å². The Hall–Kier alpha value is -1.78. The number of anilines is 2. The molecule has 0 radical (unpaired) electrons. The Bertz CT molecular complexity index is 393. The number of nitrogens with two attached hydrogens (primary N) is 2. The summed E-state index contributed by atoms with van der Waals surface area (Å²) in [5.74, 6) is 0.525. The minimum absolute atomic E-state index is 0.0722. The second-order valence-electron chi connectivity index (χ2n) is 4.13. The maximum absolute atomic E-state index is 11.1. The molecule has 1 aliphatic rings. The zero-order chi connectivity index (χ0) is 11.5. The van der Waals surface area contributed by atoms with E-state index in [0.29, 0.717) is 12.2 Å². The predicted octanol–water partition coefficient (Wildman–Crippen LogP) is 0.365. The molecule has 1 atom stereocenters. The molecule has 1 aromatic heterocycles. The van der Waals surface area contributed by atoms with E-state index >= 15 is 0 Å². The van der Waals surface area contributed by atoms with Gasteiger partial charge in [0.15, 0.2) is 0 Å². The van der Waals surface area contributed by atoms with Gasteiger partial charge in [-0.05, 0) is 18.9 Å². The number of pyridine rings is 1. The first-order chi connectivity index (χ1) is 7.66. The Morgan fingerprint density at radius 2 is 2.38 bits per heavy atom. The summed E-state index contributed by atoms with van der Waals surface area (Å²) in [6.45, 7) is 1.55. The zero-order valence-corrected chi connectivity index (χ0v) is 9.10. The third kappa shape index (κ3) is 2.24. The third-order valence-electron chi connectivity index (χ3n) is 2.92. The summed E-state index contributed by atoms with van der Waals surface area (Å²) < 4.78 is 0. The van der Waals surface area contributed by atoms with Crippen molar-refractivity contribution < 1.29 is 4.79 Å². The number of rotatable bonds is 2. The van der Waals surface area contributed by atoms with Crippen LogP contribution in [0.3, 0.4) is 0 Å². The maximum atomic E-state index is 11.1. The number of nitrogens with zero attached hydrogens (tertiary/aromatic N) is 2. The van der Waals surface area contributed by atoms with Gasteiger partial charge in [0.2, 0.25) is 5.91 Å². The van der Waals surface area contributed by atoms with E-state index in [9.17, 15) is 4.79 Å². The summed E-state index contributed by atoms with van der Waals surface area (Å²) in [6.07, 6.45) is 3.51. The number of carbonyl (C=O) groups is 1. The number of aromatic nitrogens is 1. The standard InChI is InChI=1S/C11H16N4O/c12-9-3-4-14-10(6-9)15-5-1-2-8(7-15)11(13)16/h3-4,6,8H,1-2,5,7H2,(H2,12,14)(H2,13,16). The lowest BCUT2D eigenvalue weighted by atomic mass is 9.97. The molecule has 2 heterocycles. The van der Waals surface area contributed by atoms with Crippen molar-refractivity contribution in [1.29, 1.82) is 0 Å². The van der Waals surface area contributed by atoms with Crippen molar-refractivity contribution in [2.75, 3.05) is 23.7 Å². The van der Waals surface area contributed by atoms with Gasteiger partial charge in [-0.1, -0.05) is 0 Å². The highest BCUT2D eigenvalue weighted by molar-refractivity contribution is 5.77. The van der Waals surface area contributed by atoms with Crippen molar-refractivity contribution >= 4 is 17.4 Å². The molecule has 0 aliphatic carbocycles. The van der Waals surface area contributed by atoms with Crippen LogP contribution >= 0.6 is 0 Å². The SMILES string of the molecule is NC(=O)C1CCCN(c2cc(N)ccn2)C1. The molecule has 5 nitrogen and oxygen atoms in total. The summed E-state index contributed by atoms with van der Waals surface area (Å²) >= 11 is 0. The van der Waals surface area contributed by atoms with Gasteiger partial charge in [0.05, 0.1) is 5.92 Å². The van der Waals surface area contributed by atoms with Crippen molar-refractivity contribution in [3.8, 4) is 0 Å². The zero-order valence-electron chi connectivity index (χ0n) is 9.10. The Kier molecular flexibility index (Phi) is 2.94. The first-order valence-corrected chi connectivity index (χ1v) is 5.42. The lowest BCUT2D eigenvalue weighted by Crippen LogP contribution is -2.41. The Morgan fingerprint density at radius 3 is 3.06 bits per heavy atom. The van der Waals surface area contributed by atoms with E-state index in [1.165, 1.54) is 0 Å². The highest BCUT2D eigenvalue weighted by Gasteiger charge is 2.24. The van der Waals surface area contributed by atoms with Crippen LogP contribution in [0.2, 0.25) is 0 Å².